The molecular weight excluding hydrogens is 376 g/mol. The van der Waals surface area contributed by atoms with Crippen molar-refractivity contribution in [2.24, 2.45) is 0 Å². The summed E-state index contributed by atoms with van der Waals surface area (Å²) in [4.78, 5) is 15.1. The van der Waals surface area contributed by atoms with Crippen LogP contribution >= 0.6 is 0 Å². The summed E-state index contributed by atoms with van der Waals surface area (Å²) < 4.78 is 29.4. The van der Waals surface area contributed by atoms with E-state index in [1.807, 2.05) is 24.3 Å². The molecule has 2 bridgehead atoms. The molecule has 148 valence electrons. The van der Waals surface area contributed by atoms with Crippen molar-refractivity contribution in [3.05, 3.63) is 53.6 Å². The van der Waals surface area contributed by atoms with E-state index in [1.54, 1.807) is 13.0 Å². The molecule has 0 aliphatic carbocycles. The van der Waals surface area contributed by atoms with Gasteiger partial charge in [-0.15, -0.1) is 0 Å². The first-order valence-corrected chi connectivity index (χ1v) is 11.3. The van der Waals surface area contributed by atoms with E-state index in [-0.39, 0.29) is 10.8 Å². The fourth-order valence-corrected chi connectivity index (χ4v) is 4.50. The number of anilines is 2. The lowest BCUT2D eigenvalue weighted by Crippen LogP contribution is -2.42. The molecule has 2 saturated heterocycles. The van der Waals surface area contributed by atoms with Crippen LogP contribution in [0.25, 0.3) is 0 Å². The monoisotopic (exact) mass is 400 g/mol. The Morgan fingerprint density at radius 3 is 2.32 bits per heavy atom. The van der Waals surface area contributed by atoms with Crippen LogP contribution in [0.5, 0.6) is 0 Å². The number of aryl methyl sites for hydroxylation is 1. The van der Waals surface area contributed by atoms with Gasteiger partial charge in [-0.05, 0) is 61.7 Å². The van der Waals surface area contributed by atoms with Crippen molar-refractivity contribution in [1.29, 1.82) is 0 Å². The summed E-state index contributed by atoms with van der Waals surface area (Å²) >= 11 is 0. The second kappa shape index (κ2) is 7.22. The fraction of sp³-hybridized carbons (Fsp3) is 0.381. The van der Waals surface area contributed by atoms with Crippen molar-refractivity contribution in [2.75, 3.05) is 29.6 Å². The lowest BCUT2D eigenvalue weighted by atomic mass is 10.1. The number of sulfone groups is 1. The molecule has 2 unspecified atom stereocenters. The molecule has 0 aromatic heterocycles. The zero-order chi connectivity index (χ0) is 19.9. The molecule has 2 atom stereocenters. The maximum atomic E-state index is 12.7. The van der Waals surface area contributed by atoms with E-state index < -0.39 is 9.84 Å². The molecule has 4 rings (SSSR count). The standard InChI is InChI=1S/C21H24N2O4S/c1-14-3-10-19(28(2,25)26)11-20(14)21(24)22-15-4-6-16(7-5-15)23-12-17-8-9-18(13-23)27-17/h3-7,10-11,17-18H,8-9,12-13H2,1-2H3,(H,22,24). The summed E-state index contributed by atoms with van der Waals surface area (Å²) in [5.74, 6) is -0.319. The molecule has 28 heavy (non-hydrogen) atoms. The summed E-state index contributed by atoms with van der Waals surface area (Å²) in [6, 6.07) is 12.4. The maximum Gasteiger partial charge on any atom is 0.255 e. The van der Waals surface area contributed by atoms with Gasteiger partial charge in [-0.2, -0.15) is 0 Å². The Hall–Kier alpha value is -2.38. The number of nitrogens with zero attached hydrogens (tertiary/aromatic N) is 1. The van der Waals surface area contributed by atoms with E-state index in [1.165, 1.54) is 12.1 Å². The second-order valence-electron chi connectivity index (χ2n) is 7.61. The highest BCUT2D eigenvalue weighted by Crippen LogP contribution is 2.30. The number of morpholine rings is 1. The molecule has 1 amide bonds. The normalized spacial score (nSPS) is 21.6. The van der Waals surface area contributed by atoms with Crippen LogP contribution in [-0.4, -0.2) is 45.9 Å². The molecule has 0 saturated carbocycles. The largest absolute Gasteiger partial charge is 0.371 e. The zero-order valence-corrected chi connectivity index (χ0v) is 16.8. The molecule has 6 nitrogen and oxygen atoms in total. The number of amides is 1. The number of hydrogen-bond acceptors (Lipinski definition) is 5. The number of benzene rings is 2. The zero-order valence-electron chi connectivity index (χ0n) is 16.0. The Balaban J connectivity index is 1.48. The average molecular weight is 401 g/mol. The lowest BCUT2D eigenvalue weighted by molar-refractivity contribution is 0.0305. The molecule has 2 heterocycles. The van der Waals surface area contributed by atoms with E-state index in [4.69, 9.17) is 4.74 Å². The predicted molar refractivity (Wildman–Crippen MR) is 109 cm³/mol. The topological polar surface area (TPSA) is 75.7 Å². The van der Waals surface area contributed by atoms with E-state index >= 15 is 0 Å². The molecular formula is C21H24N2O4S. The third kappa shape index (κ3) is 3.91. The number of carbonyl (C=O) groups is 1. The van der Waals surface area contributed by atoms with Crippen LogP contribution in [0.1, 0.15) is 28.8 Å². The molecule has 0 spiro atoms. The summed E-state index contributed by atoms with van der Waals surface area (Å²) in [6.45, 7) is 3.59. The molecule has 2 aromatic carbocycles. The van der Waals surface area contributed by atoms with Crippen molar-refractivity contribution in [3.63, 3.8) is 0 Å². The molecule has 2 aromatic rings. The van der Waals surface area contributed by atoms with Crippen molar-refractivity contribution in [3.8, 4) is 0 Å². The SMILES string of the molecule is Cc1ccc(S(C)(=O)=O)cc1C(=O)Nc1ccc(N2CC3CCC(C2)O3)cc1. The third-order valence-corrected chi connectivity index (χ3v) is 6.53. The first-order valence-electron chi connectivity index (χ1n) is 9.42. The maximum absolute atomic E-state index is 12.7. The fourth-order valence-electron chi connectivity index (χ4n) is 3.86. The van der Waals surface area contributed by atoms with Gasteiger partial charge in [-0.25, -0.2) is 8.42 Å². The van der Waals surface area contributed by atoms with Gasteiger partial charge in [0.15, 0.2) is 9.84 Å². The van der Waals surface area contributed by atoms with Crippen LogP contribution < -0.4 is 10.2 Å². The van der Waals surface area contributed by atoms with E-state index in [9.17, 15) is 13.2 Å². The van der Waals surface area contributed by atoms with Gasteiger partial charge in [0, 0.05) is 36.3 Å². The second-order valence-corrected chi connectivity index (χ2v) is 9.63. The van der Waals surface area contributed by atoms with Gasteiger partial charge in [0.25, 0.3) is 5.91 Å². The highest BCUT2D eigenvalue weighted by Gasteiger charge is 2.33. The molecule has 1 N–H and O–H groups in total. The van der Waals surface area contributed by atoms with Gasteiger partial charge in [-0.1, -0.05) is 6.07 Å². The van der Waals surface area contributed by atoms with Gasteiger partial charge < -0.3 is 15.0 Å². The minimum absolute atomic E-state index is 0.139. The van der Waals surface area contributed by atoms with Crippen molar-refractivity contribution >= 4 is 27.1 Å². The minimum Gasteiger partial charge on any atom is -0.371 e. The van der Waals surface area contributed by atoms with Crippen LogP contribution in [0.4, 0.5) is 11.4 Å². The highest BCUT2D eigenvalue weighted by atomic mass is 32.2. The van der Waals surface area contributed by atoms with Crippen LogP contribution in [0.3, 0.4) is 0 Å². The van der Waals surface area contributed by atoms with Crippen LogP contribution in [0.2, 0.25) is 0 Å². The Labute approximate surface area is 165 Å². The number of rotatable bonds is 4. The van der Waals surface area contributed by atoms with Crippen LogP contribution in [-0.2, 0) is 14.6 Å². The third-order valence-electron chi connectivity index (χ3n) is 5.42. The smallest absolute Gasteiger partial charge is 0.255 e. The van der Waals surface area contributed by atoms with E-state index in [0.717, 1.165) is 43.4 Å². The van der Waals surface area contributed by atoms with Crippen molar-refractivity contribution < 1.29 is 17.9 Å². The quantitative estimate of drug-likeness (QED) is 0.854. The molecule has 2 aliphatic rings. The van der Waals surface area contributed by atoms with Crippen molar-refractivity contribution in [2.45, 2.75) is 36.9 Å². The van der Waals surface area contributed by atoms with Gasteiger partial charge in [0.1, 0.15) is 0 Å². The summed E-state index contributed by atoms with van der Waals surface area (Å²) in [7, 11) is -3.37. The first kappa shape index (κ1) is 19.0. The Morgan fingerprint density at radius 1 is 1.07 bits per heavy atom. The predicted octanol–water partition coefficient (Wildman–Crippen LogP) is 3.02. The van der Waals surface area contributed by atoms with Gasteiger partial charge in [0.2, 0.25) is 0 Å². The molecule has 2 aliphatic heterocycles. The summed E-state index contributed by atoms with van der Waals surface area (Å²) in [5, 5.41) is 2.86. The van der Waals surface area contributed by atoms with Crippen molar-refractivity contribution in [1.82, 2.24) is 0 Å². The van der Waals surface area contributed by atoms with Gasteiger partial charge in [-0.3, -0.25) is 4.79 Å². The number of hydrogen-bond donors (Lipinski definition) is 1. The number of ether oxygens (including phenoxy) is 1. The van der Waals surface area contributed by atoms with E-state index in [2.05, 4.69) is 10.2 Å². The average Bonchev–Trinajstić information content (AvgIpc) is 2.99. The Kier molecular flexibility index (Phi) is 4.89. The number of fused-ring (bicyclic) bond motifs is 2. The van der Waals surface area contributed by atoms with Crippen LogP contribution in [0, 0.1) is 6.92 Å². The van der Waals surface area contributed by atoms with Gasteiger partial charge >= 0.3 is 0 Å². The Morgan fingerprint density at radius 2 is 1.71 bits per heavy atom. The summed E-state index contributed by atoms with van der Waals surface area (Å²) in [6.07, 6.45) is 4.03. The Bertz CT molecular complexity index is 990. The molecule has 2 fully saturated rings. The molecule has 0 radical (unpaired) electrons. The number of carbonyl (C=O) groups excluding carboxylic acids is 1. The van der Waals surface area contributed by atoms with Gasteiger partial charge in [0.05, 0.1) is 17.1 Å². The first-order chi connectivity index (χ1) is 13.3. The van der Waals surface area contributed by atoms with Crippen LogP contribution in [0.15, 0.2) is 47.4 Å². The molecule has 7 heteroatoms. The minimum atomic E-state index is -3.37. The highest BCUT2D eigenvalue weighted by molar-refractivity contribution is 7.90. The summed E-state index contributed by atoms with van der Waals surface area (Å²) in [5.41, 5.74) is 2.88. The van der Waals surface area contributed by atoms with E-state index in [0.29, 0.717) is 23.5 Å². The lowest BCUT2D eigenvalue weighted by Gasteiger charge is -2.33. The number of nitrogens with one attached hydrogen (secondary N) is 1.